The number of carbonyl (C=O) groups is 3. The number of esters is 1. The second-order valence-corrected chi connectivity index (χ2v) is 6.53. The third-order valence-corrected chi connectivity index (χ3v) is 4.89. The van der Waals surface area contributed by atoms with Crippen molar-refractivity contribution >= 4 is 23.5 Å². The first-order valence-corrected chi connectivity index (χ1v) is 8.25. The predicted octanol–water partition coefficient (Wildman–Crippen LogP) is 2.15. The van der Waals surface area contributed by atoms with Crippen molar-refractivity contribution in [3.63, 3.8) is 0 Å². The first kappa shape index (κ1) is 19.8. The molecule has 2 amide bonds. The molecule has 6 nitrogen and oxygen atoms in total. The lowest BCUT2D eigenvalue weighted by molar-refractivity contribution is -0.266. The Morgan fingerprint density at radius 2 is 1.64 bits per heavy atom. The van der Waals surface area contributed by atoms with Gasteiger partial charge in [0.15, 0.2) is 0 Å². The Morgan fingerprint density at radius 1 is 1.11 bits per heavy atom. The molecule has 3 rings (SSSR count). The molecule has 1 heterocycles. The molecule has 1 aliphatic carbocycles. The van der Waals surface area contributed by atoms with Gasteiger partial charge in [0.2, 0.25) is 11.8 Å². The van der Waals surface area contributed by atoms with Gasteiger partial charge in [-0.1, -0.05) is 36.4 Å². The number of fused-ring (bicyclic) bond motifs is 1. The van der Waals surface area contributed by atoms with Crippen molar-refractivity contribution in [1.82, 2.24) is 0 Å². The van der Waals surface area contributed by atoms with E-state index in [2.05, 4.69) is 4.74 Å². The molecule has 1 aromatic carbocycles. The van der Waals surface area contributed by atoms with Gasteiger partial charge in [-0.15, -0.1) is 0 Å². The van der Waals surface area contributed by atoms with Gasteiger partial charge in [0, 0.05) is 5.56 Å². The van der Waals surface area contributed by atoms with E-state index in [0.717, 1.165) is 30.2 Å². The van der Waals surface area contributed by atoms with Gasteiger partial charge in [0.25, 0.3) is 5.60 Å². The summed E-state index contributed by atoms with van der Waals surface area (Å²) in [6, 6.07) is 2.86. The average Bonchev–Trinajstić information content (AvgIpc) is 2.90. The summed E-state index contributed by atoms with van der Waals surface area (Å²) in [6.07, 6.45) is 1.14. The summed E-state index contributed by atoms with van der Waals surface area (Å²) in [5, 5.41) is 10.1. The molecule has 1 aromatic rings. The second kappa shape index (κ2) is 6.59. The highest BCUT2D eigenvalue weighted by Crippen LogP contribution is 2.42. The maximum atomic E-state index is 13.4. The fraction of sp³-hybridized carbons (Fsp3) is 0.316. The molecule has 0 radical (unpaired) electrons. The first-order chi connectivity index (χ1) is 13.0. The fourth-order valence-corrected chi connectivity index (χ4v) is 3.40. The van der Waals surface area contributed by atoms with Crippen molar-refractivity contribution in [1.29, 1.82) is 0 Å². The van der Waals surface area contributed by atoms with Crippen molar-refractivity contribution < 1.29 is 37.4 Å². The Kier molecular flexibility index (Phi) is 4.66. The van der Waals surface area contributed by atoms with Crippen molar-refractivity contribution in [3.8, 4) is 0 Å². The highest BCUT2D eigenvalue weighted by molar-refractivity contribution is 6.23. The Labute approximate surface area is 157 Å². The number of halogens is 3. The van der Waals surface area contributed by atoms with Gasteiger partial charge in [-0.2, -0.15) is 13.2 Å². The summed E-state index contributed by atoms with van der Waals surface area (Å²) >= 11 is 0. The van der Waals surface area contributed by atoms with Crippen LogP contribution >= 0.6 is 0 Å². The molecule has 0 saturated carbocycles. The largest absolute Gasteiger partial charge is 0.466 e. The van der Waals surface area contributed by atoms with Crippen LogP contribution in [-0.2, 0) is 24.7 Å². The summed E-state index contributed by atoms with van der Waals surface area (Å²) in [4.78, 5) is 37.8. The van der Waals surface area contributed by atoms with Crippen LogP contribution in [0.3, 0.4) is 0 Å². The zero-order chi connectivity index (χ0) is 20.9. The smallest absolute Gasteiger partial charge is 0.432 e. The van der Waals surface area contributed by atoms with Crippen molar-refractivity contribution in [2.24, 2.45) is 11.8 Å². The second-order valence-electron chi connectivity index (χ2n) is 6.53. The summed E-state index contributed by atoms with van der Waals surface area (Å²) in [5.41, 5.74) is -4.45. The van der Waals surface area contributed by atoms with Gasteiger partial charge < -0.3 is 9.84 Å². The lowest BCUT2D eigenvalue weighted by Gasteiger charge is -2.29. The maximum absolute atomic E-state index is 13.4. The molecule has 1 N–H and O–H groups in total. The molecule has 28 heavy (non-hydrogen) atoms. The quantitative estimate of drug-likeness (QED) is 0.626. The minimum atomic E-state index is -5.34. The molecule has 1 saturated heterocycles. The Morgan fingerprint density at radius 3 is 2.07 bits per heavy atom. The van der Waals surface area contributed by atoms with Gasteiger partial charge >= 0.3 is 12.1 Å². The molecule has 2 aliphatic rings. The third kappa shape index (κ3) is 2.73. The molecule has 0 aromatic heterocycles. The highest BCUT2D eigenvalue weighted by Gasteiger charge is 2.62. The number of aliphatic hydroxyl groups is 1. The Hall–Kier alpha value is -2.94. The molecule has 2 unspecified atom stereocenters. The number of carbonyl (C=O) groups excluding carboxylic acids is 3. The van der Waals surface area contributed by atoms with Crippen LogP contribution in [0, 0.1) is 18.8 Å². The molecule has 0 spiro atoms. The normalized spacial score (nSPS) is 23.6. The number of alkyl halides is 3. The first-order valence-electron chi connectivity index (χ1n) is 8.25. The Bertz CT molecular complexity index is 891. The number of aryl methyl sites for hydroxylation is 1. The van der Waals surface area contributed by atoms with E-state index in [4.69, 9.17) is 0 Å². The predicted molar refractivity (Wildman–Crippen MR) is 90.9 cm³/mol. The van der Waals surface area contributed by atoms with E-state index in [1.54, 1.807) is 24.3 Å². The Balaban J connectivity index is 2.05. The number of methoxy groups -OCH3 is 1. The third-order valence-electron chi connectivity index (χ3n) is 4.89. The number of amides is 2. The molecular formula is C19H16F3NO5. The van der Waals surface area contributed by atoms with E-state index >= 15 is 0 Å². The topological polar surface area (TPSA) is 83.9 Å². The molecule has 9 heteroatoms. The van der Waals surface area contributed by atoms with Crippen LogP contribution < -0.4 is 4.90 Å². The summed E-state index contributed by atoms with van der Waals surface area (Å²) in [5.74, 6) is -4.21. The van der Waals surface area contributed by atoms with E-state index in [1.807, 2.05) is 0 Å². The van der Waals surface area contributed by atoms with Gasteiger partial charge in [-0.3, -0.25) is 9.59 Å². The molecule has 148 valence electrons. The lowest BCUT2D eigenvalue weighted by Crippen LogP contribution is -2.50. The SMILES string of the molecule is COC(=O)[C@@](O)(c1ccc(N2C(=O)C3C=CC=CC3C2=O)c(C)c1)C(F)(F)F. The monoisotopic (exact) mass is 395 g/mol. The summed E-state index contributed by atoms with van der Waals surface area (Å²) < 4.78 is 44.3. The van der Waals surface area contributed by atoms with Gasteiger partial charge in [0.1, 0.15) is 0 Å². The summed E-state index contributed by atoms with van der Waals surface area (Å²) in [7, 11) is 0.727. The van der Waals surface area contributed by atoms with Crippen LogP contribution in [0.15, 0.2) is 42.5 Å². The van der Waals surface area contributed by atoms with E-state index in [0.29, 0.717) is 0 Å². The summed E-state index contributed by atoms with van der Waals surface area (Å²) in [6.45, 7) is 1.38. The molecular weight excluding hydrogens is 379 g/mol. The average molecular weight is 395 g/mol. The van der Waals surface area contributed by atoms with Gasteiger partial charge in [0.05, 0.1) is 24.6 Å². The van der Waals surface area contributed by atoms with E-state index < -0.39 is 47.0 Å². The number of benzene rings is 1. The van der Waals surface area contributed by atoms with E-state index in [9.17, 15) is 32.7 Å². The fourth-order valence-electron chi connectivity index (χ4n) is 3.40. The van der Waals surface area contributed by atoms with Gasteiger partial charge in [-0.25, -0.2) is 9.69 Å². The van der Waals surface area contributed by atoms with Gasteiger partial charge in [-0.05, 0) is 18.6 Å². The number of hydrogen-bond donors (Lipinski definition) is 1. The number of rotatable bonds is 3. The van der Waals surface area contributed by atoms with Crippen LogP contribution in [-0.4, -0.2) is 36.2 Å². The zero-order valence-electron chi connectivity index (χ0n) is 14.9. The van der Waals surface area contributed by atoms with Crippen LogP contribution in [0.4, 0.5) is 18.9 Å². The lowest BCUT2D eigenvalue weighted by atomic mass is 9.91. The number of hydrogen-bond acceptors (Lipinski definition) is 5. The molecule has 3 atom stereocenters. The van der Waals surface area contributed by atoms with Crippen molar-refractivity contribution in [3.05, 3.63) is 53.6 Å². The number of imide groups is 1. The van der Waals surface area contributed by atoms with Crippen molar-refractivity contribution in [2.45, 2.75) is 18.7 Å². The number of allylic oxidation sites excluding steroid dienone is 2. The maximum Gasteiger partial charge on any atom is 0.432 e. The van der Waals surface area contributed by atoms with E-state index in [-0.39, 0.29) is 11.3 Å². The van der Waals surface area contributed by atoms with E-state index in [1.165, 1.54) is 6.92 Å². The minimum absolute atomic E-state index is 0.0874. The highest BCUT2D eigenvalue weighted by atomic mass is 19.4. The number of ether oxygens (including phenoxy) is 1. The van der Waals surface area contributed by atoms with Crippen LogP contribution in [0.5, 0.6) is 0 Å². The molecule has 1 aliphatic heterocycles. The molecule has 1 fully saturated rings. The molecule has 0 bridgehead atoms. The van der Waals surface area contributed by atoms with Crippen molar-refractivity contribution in [2.75, 3.05) is 12.0 Å². The van der Waals surface area contributed by atoms with Crippen LogP contribution in [0.25, 0.3) is 0 Å². The number of nitrogens with zero attached hydrogens (tertiary/aromatic N) is 1. The standard InChI is InChI=1S/C19H16F3NO5/c1-10-9-11(18(27,17(26)28-2)19(20,21)22)7-8-14(10)23-15(24)12-5-3-4-6-13(12)16(23)25/h3-9,12-13,27H,1-2H3/t12?,13?,18-/m0/s1. The number of anilines is 1. The van der Waals surface area contributed by atoms with Crippen LogP contribution in [0.1, 0.15) is 11.1 Å². The minimum Gasteiger partial charge on any atom is -0.466 e. The van der Waals surface area contributed by atoms with Crippen LogP contribution in [0.2, 0.25) is 0 Å². The zero-order valence-corrected chi connectivity index (χ0v) is 14.9.